The number of halogens is 1. The van der Waals surface area contributed by atoms with Crippen molar-refractivity contribution in [3.63, 3.8) is 0 Å². The summed E-state index contributed by atoms with van der Waals surface area (Å²) in [6.07, 6.45) is 1.86. The molecule has 1 aromatic heterocycles. The summed E-state index contributed by atoms with van der Waals surface area (Å²) in [6, 6.07) is 20.9. The SMILES string of the molecule is Brc1ncc(N2CCN(Cc3ccccc3)CC2)nc1-c1ccccc1. The highest BCUT2D eigenvalue weighted by atomic mass is 79.9. The average Bonchev–Trinajstić information content (AvgIpc) is 2.70. The largest absolute Gasteiger partial charge is 0.353 e. The van der Waals surface area contributed by atoms with Crippen LogP contribution in [0.5, 0.6) is 0 Å². The number of hydrogen-bond acceptors (Lipinski definition) is 4. The second-order valence-electron chi connectivity index (χ2n) is 6.48. The van der Waals surface area contributed by atoms with Crippen molar-refractivity contribution in [3.05, 3.63) is 77.0 Å². The zero-order chi connectivity index (χ0) is 17.8. The number of hydrogen-bond donors (Lipinski definition) is 0. The van der Waals surface area contributed by atoms with Crippen LogP contribution in [0.2, 0.25) is 0 Å². The van der Waals surface area contributed by atoms with Gasteiger partial charge in [0.1, 0.15) is 16.1 Å². The predicted molar refractivity (Wildman–Crippen MR) is 109 cm³/mol. The maximum atomic E-state index is 4.87. The second kappa shape index (κ2) is 7.98. The maximum Gasteiger partial charge on any atom is 0.148 e. The predicted octanol–water partition coefficient (Wildman–Crippen LogP) is 4.23. The molecule has 3 aromatic rings. The van der Waals surface area contributed by atoms with E-state index in [9.17, 15) is 0 Å². The second-order valence-corrected chi connectivity index (χ2v) is 7.23. The molecule has 0 bridgehead atoms. The summed E-state index contributed by atoms with van der Waals surface area (Å²) in [5.41, 5.74) is 3.35. The van der Waals surface area contributed by atoms with Crippen LogP contribution >= 0.6 is 15.9 Å². The Labute approximate surface area is 162 Å². The molecule has 0 spiro atoms. The smallest absolute Gasteiger partial charge is 0.148 e. The monoisotopic (exact) mass is 408 g/mol. The van der Waals surface area contributed by atoms with E-state index in [-0.39, 0.29) is 0 Å². The van der Waals surface area contributed by atoms with E-state index >= 15 is 0 Å². The topological polar surface area (TPSA) is 32.3 Å². The van der Waals surface area contributed by atoms with Crippen LogP contribution in [0.15, 0.2) is 71.5 Å². The van der Waals surface area contributed by atoms with Gasteiger partial charge in [-0.2, -0.15) is 0 Å². The summed E-state index contributed by atoms with van der Waals surface area (Å²) in [6.45, 7) is 5.02. The van der Waals surface area contributed by atoms with Crippen LogP contribution < -0.4 is 4.90 Å². The highest BCUT2D eigenvalue weighted by Crippen LogP contribution is 2.27. The molecule has 4 rings (SSSR count). The van der Waals surface area contributed by atoms with E-state index in [1.165, 1.54) is 5.56 Å². The fourth-order valence-electron chi connectivity index (χ4n) is 3.27. The molecule has 0 atom stereocenters. The molecule has 0 amide bonds. The van der Waals surface area contributed by atoms with Gasteiger partial charge in [-0.3, -0.25) is 4.90 Å². The molecule has 5 heteroatoms. The minimum absolute atomic E-state index is 0.787. The van der Waals surface area contributed by atoms with Gasteiger partial charge in [0.25, 0.3) is 0 Å². The summed E-state index contributed by atoms with van der Waals surface area (Å²) in [5, 5.41) is 0. The van der Waals surface area contributed by atoms with Gasteiger partial charge in [0.2, 0.25) is 0 Å². The van der Waals surface area contributed by atoms with E-state index in [0.717, 1.165) is 54.4 Å². The van der Waals surface area contributed by atoms with Crippen LogP contribution in [-0.2, 0) is 6.54 Å². The van der Waals surface area contributed by atoms with Crippen molar-refractivity contribution in [3.8, 4) is 11.3 Å². The Hall–Kier alpha value is -2.24. The quantitative estimate of drug-likeness (QED) is 0.646. The zero-order valence-corrected chi connectivity index (χ0v) is 16.1. The summed E-state index contributed by atoms with van der Waals surface area (Å²) in [5.74, 6) is 0.950. The number of rotatable bonds is 4. The van der Waals surface area contributed by atoms with Crippen molar-refractivity contribution in [2.24, 2.45) is 0 Å². The summed E-state index contributed by atoms with van der Waals surface area (Å²) < 4.78 is 0.787. The van der Waals surface area contributed by atoms with E-state index in [4.69, 9.17) is 4.98 Å². The summed E-state index contributed by atoms with van der Waals surface area (Å²) in [7, 11) is 0. The van der Waals surface area contributed by atoms with Crippen molar-refractivity contribution in [2.45, 2.75) is 6.54 Å². The molecule has 2 aromatic carbocycles. The Morgan fingerprint density at radius 1 is 0.846 bits per heavy atom. The Balaban J connectivity index is 1.45. The molecule has 1 aliphatic heterocycles. The van der Waals surface area contributed by atoms with Gasteiger partial charge in [-0.05, 0) is 21.5 Å². The normalized spacial score (nSPS) is 15.2. The third kappa shape index (κ3) is 3.94. The molecule has 0 N–H and O–H groups in total. The molecule has 26 heavy (non-hydrogen) atoms. The highest BCUT2D eigenvalue weighted by Gasteiger charge is 2.19. The lowest BCUT2D eigenvalue weighted by atomic mass is 10.1. The fourth-order valence-corrected chi connectivity index (χ4v) is 3.69. The molecule has 132 valence electrons. The molecule has 1 saturated heterocycles. The molecule has 4 nitrogen and oxygen atoms in total. The number of anilines is 1. The van der Waals surface area contributed by atoms with Crippen LogP contribution in [0.3, 0.4) is 0 Å². The molecule has 1 fully saturated rings. The number of nitrogens with zero attached hydrogens (tertiary/aromatic N) is 4. The average molecular weight is 409 g/mol. The van der Waals surface area contributed by atoms with Crippen LogP contribution in [0.1, 0.15) is 5.56 Å². The van der Waals surface area contributed by atoms with Crippen molar-refractivity contribution < 1.29 is 0 Å². The van der Waals surface area contributed by atoms with Gasteiger partial charge < -0.3 is 4.90 Å². The van der Waals surface area contributed by atoms with Gasteiger partial charge in [0.15, 0.2) is 0 Å². The van der Waals surface area contributed by atoms with E-state index in [0.29, 0.717) is 0 Å². The Kier molecular flexibility index (Phi) is 5.27. The molecule has 2 heterocycles. The van der Waals surface area contributed by atoms with E-state index in [1.54, 1.807) is 0 Å². The lowest BCUT2D eigenvalue weighted by Gasteiger charge is -2.35. The highest BCUT2D eigenvalue weighted by molar-refractivity contribution is 9.10. The van der Waals surface area contributed by atoms with Crippen LogP contribution in [0.25, 0.3) is 11.3 Å². The molecule has 0 unspecified atom stereocenters. The van der Waals surface area contributed by atoms with Crippen LogP contribution in [-0.4, -0.2) is 41.0 Å². The van der Waals surface area contributed by atoms with Crippen LogP contribution in [0, 0.1) is 0 Å². The van der Waals surface area contributed by atoms with Gasteiger partial charge >= 0.3 is 0 Å². The fraction of sp³-hybridized carbons (Fsp3) is 0.238. The first-order chi connectivity index (χ1) is 12.8. The summed E-state index contributed by atoms with van der Waals surface area (Å²) >= 11 is 3.54. The first kappa shape index (κ1) is 17.2. The first-order valence-electron chi connectivity index (χ1n) is 8.89. The first-order valence-corrected chi connectivity index (χ1v) is 9.68. The summed E-state index contributed by atoms with van der Waals surface area (Å²) in [4.78, 5) is 14.2. The lowest BCUT2D eigenvalue weighted by Crippen LogP contribution is -2.46. The zero-order valence-electron chi connectivity index (χ0n) is 14.6. The van der Waals surface area contributed by atoms with Gasteiger partial charge in [0, 0.05) is 38.3 Å². The van der Waals surface area contributed by atoms with Gasteiger partial charge in [-0.15, -0.1) is 0 Å². The minimum Gasteiger partial charge on any atom is -0.353 e. The lowest BCUT2D eigenvalue weighted by molar-refractivity contribution is 0.249. The Bertz CT molecular complexity index is 846. The molecular weight excluding hydrogens is 388 g/mol. The Morgan fingerprint density at radius 3 is 2.19 bits per heavy atom. The van der Waals surface area contributed by atoms with Crippen molar-refractivity contribution >= 4 is 21.7 Å². The van der Waals surface area contributed by atoms with Crippen molar-refractivity contribution in [1.29, 1.82) is 0 Å². The molecule has 0 aliphatic carbocycles. The van der Waals surface area contributed by atoms with Crippen molar-refractivity contribution in [1.82, 2.24) is 14.9 Å². The van der Waals surface area contributed by atoms with Gasteiger partial charge in [0.05, 0.1) is 6.20 Å². The molecular formula is C21H21BrN4. The van der Waals surface area contributed by atoms with Crippen LogP contribution in [0.4, 0.5) is 5.82 Å². The van der Waals surface area contributed by atoms with E-state index in [2.05, 4.69) is 73.2 Å². The minimum atomic E-state index is 0.787. The van der Waals surface area contributed by atoms with E-state index in [1.807, 2.05) is 24.4 Å². The number of piperazine rings is 1. The molecule has 0 radical (unpaired) electrons. The number of aromatic nitrogens is 2. The molecule has 1 aliphatic rings. The van der Waals surface area contributed by atoms with Crippen molar-refractivity contribution in [2.75, 3.05) is 31.1 Å². The Morgan fingerprint density at radius 2 is 1.50 bits per heavy atom. The van der Waals surface area contributed by atoms with E-state index < -0.39 is 0 Å². The molecule has 0 saturated carbocycles. The maximum absolute atomic E-state index is 4.87. The third-order valence-electron chi connectivity index (χ3n) is 4.71. The van der Waals surface area contributed by atoms with Gasteiger partial charge in [-0.1, -0.05) is 60.7 Å². The van der Waals surface area contributed by atoms with Gasteiger partial charge in [-0.25, -0.2) is 9.97 Å². The number of benzene rings is 2. The standard InChI is InChI=1S/C21H21BrN4/c22-21-20(18-9-5-2-6-10-18)24-19(15-23-21)26-13-11-25(12-14-26)16-17-7-3-1-4-8-17/h1-10,15H,11-14,16H2. The third-order valence-corrected chi connectivity index (χ3v) is 5.29.